The van der Waals surface area contributed by atoms with Crippen LogP contribution in [0.3, 0.4) is 0 Å². The van der Waals surface area contributed by atoms with Gasteiger partial charge in [0.25, 0.3) is 0 Å². The molecule has 0 unspecified atom stereocenters. The molecule has 1 saturated heterocycles. The second kappa shape index (κ2) is 5.88. The maximum atomic E-state index is 2.66. The first-order valence-corrected chi connectivity index (χ1v) is 7.35. The molecule has 100 valence electrons. The summed E-state index contributed by atoms with van der Waals surface area (Å²) < 4.78 is 0. The zero-order valence-corrected chi connectivity index (χ0v) is 12.3. The van der Waals surface area contributed by atoms with Gasteiger partial charge in [0.1, 0.15) is 0 Å². The molecule has 0 spiro atoms. The van der Waals surface area contributed by atoms with Crippen molar-refractivity contribution in [2.75, 3.05) is 19.6 Å². The van der Waals surface area contributed by atoms with Gasteiger partial charge in [0, 0.05) is 25.6 Å². The van der Waals surface area contributed by atoms with Gasteiger partial charge in [-0.05, 0) is 23.3 Å². The lowest BCUT2D eigenvalue weighted by atomic mass is 9.82. The lowest BCUT2D eigenvalue weighted by Gasteiger charge is -2.22. The molecule has 0 amide bonds. The van der Waals surface area contributed by atoms with Crippen molar-refractivity contribution in [3.8, 4) is 0 Å². The van der Waals surface area contributed by atoms with Crippen molar-refractivity contribution in [3.63, 3.8) is 0 Å². The van der Waals surface area contributed by atoms with Crippen molar-refractivity contribution in [1.29, 1.82) is 0 Å². The average Bonchev–Trinajstić information content (AvgIpc) is 2.73. The first-order chi connectivity index (χ1) is 8.58. The van der Waals surface area contributed by atoms with Crippen molar-refractivity contribution in [1.82, 2.24) is 4.90 Å². The van der Waals surface area contributed by atoms with Crippen molar-refractivity contribution >= 4 is 0 Å². The normalized spacial score (nSPS) is 25.2. The Morgan fingerprint density at radius 3 is 2.28 bits per heavy atom. The third kappa shape index (κ3) is 3.14. The van der Waals surface area contributed by atoms with Gasteiger partial charge in [-0.1, -0.05) is 58.0 Å². The predicted molar refractivity (Wildman–Crippen MR) is 78.8 cm³/mol. The summed E-state index contributed by atoms with van der Waals surface area (Å²) in [6, 6.07) is 11.1. The Morgan fingerprint density at radius 1 is 1.06 bits per heavy atom. The van der Waals surface area contributed by atoms with Crippen LogP contribution < -0.4 is 0 Å². The quantitative estimate of drug-likeness (QED) is 0.774. The molecule has 2 rings (SSSR count). The highest BCUT2D eigenvalue weighted by atomic mass is 15.2. The van der Waals surface area contributed by atoms with E-state index in [9.17, 15) is 0 Å². The van der Waals surface area contributed by atoms with E-state index in [0.29, 0.717) is 0 Å². The Bertz CT molecular complexity index is 355. The molecule has 1 aliphatic heterocycles. The maximum Gasteiger partial charge on any atom is 0.00538 e. The topological polar surface area (TPSA) is 3.24 Å². The van der Waals surface area contributed by atoms with Gasteiger partial charge in [0.15, 0.2) is 0 Å². The van der Waals surface area contributed by atoms with E-state index in [1.807, 2.05) is 0 Å². The molecule has 1 heterocycles. The largest absolute Gasteiger partial charge is 0.302 e. The first-order valence-electron chi connectivity index (χ1n) is 7.35. The SMILES string of the molecule is CC(C)CN1C[C@H](c2ccccc2)[C@@H](C(C)C)C1. The van der Waals surface area contributed by atoms with Gasteiger partial charge >= 0.3 is 0 Å². The van der Waals surface area contributed by atoms with Crippen LogP contribution in [0, 0.1) is 17.8 Å². The minimum atomic E-state index is 0.727. The average molecular weight is 245 g/mol. The third-order valence-electron chi connectivity index (χ3n) is 4.15. The zero-order valence-electron chi connectivity index (χ0n) is 12.3. The van der Waals surface area contributed by atoms with Crippen LogP contribution in [-0.2, 0) is 0 Å². The molecule has 1 heteroatoms. The second-order valence-electron chi connectivity index (χ2n) is 6.54. The molecule has 18 heavy (non-hydrogen) atoms. The Labute approximate surface area is 112 Å². The summed E-state index contributed by atoms with van der Waals surface area (Å²) >= 11 is 0. The molecule has 0 aromatic heterocycles. The highest BCUT2D eigenvalue weighted by Crippen LogP contribution is 2.37. The van der Waals surface area contributed by atoms with Gasteiger partial charge in [0.2, 0.25) is 0 Å². The lowest BCUT2D eigenvalue weighted by molar-refractivity contribution is 0.273. The molecule has 0 saturated carbocycles. The van der Waals surface area contributed by atoms with Crippen molar-refractivity contribution in [3.05, 3.63) is 35.9 Å². The van der Waals surface area contributed by atoms with E-state index < -0.39 is 0 Å². The van der Waals surface area contributed by atoms with Gasteiger partial charge in [-0.2, -0.15) is 0 Å². The van der Waals surface area contributed by atoms with E-state index in [1.54, 1.807) is 0 Å². The molecule has 1 nitrogen and oxygen atoms in total. The number of hydrogen-bond acceptors (Lipinski definition) is 1. The molecule has 1 aromatic rings. The summed E-state index contributed by atoms with van der Waals surface area (Å²) in [5, 5.41) is 0. The molecular formula is C17H27N. The molecule has 0 bridgehead atoms. The van der Waals surface area contributed by atoms with Gasteiger partial charge in [-0.25, -0.2) is 0 Å². The maximum absolute atomic E-state index is 2.66. The van der Waals surface area contributed by atoms with Crippen molar-refractivity contribution in [2.24, 2.45) is 17.8 Å². The van der Waals surface area contributed by atoms with Crippen LogP contribution in [0.4, 0.5) is 0 Å². The predicted octanol–water partition coefficient (Wildman–Crippen LogP) is 4.01. The Kier molecular flexibility index (Phi) is 4.45. The molecule has 0 radical (unpaired) electrons. The summed E-state index contributed by atoms with van der Waals surface area (Å²) in [6.45, 7) is 13.1. The van der Waals surface area contributed by atoms with Crippen LogP contribution >= 0.6 is 0 Å². The van der Waals surface area contributed by atoms with Gasteiger partial charge in [-0.3, -0.25) is 0 Å². The highest BCUT2D eigenvalue weighted by molar-refractivity contribution is 5.22. The van der Waals surface area contributed by atoms with Crippen LogP contribution in [0.25, 0.3) is 0 Å². The van der Waals surface area contributed by atoms with E-state index >= 15 is 0 Å². The number of benzene rings is 1. The highest BCUT2D eigenvalue weighted by Gasteiger charge is 2.35. The number of nitrogens with zero attached hydrogens (tertiary/aromatic N) is 1. The van der Waals surface area contributed by atoms with E-state index in [-0.39, 0.29) is 0 Å². The molecule has 0 N–H and O–H groups in total. The fraction of sp³-hybridized carbons (Fsp3) is 0.647. The summed E-state index contributed by atoms with van der Waals surface area (Å²) in [5.41, 5.74) is 1.53. The van der Waals surface area contributed by atoms with Crippen LogP contribution in [0.1, 0.15) is 39.2 Å². The smallest absolute Gasteiger partial charge is 0.00538 e. The fourth-order valence-corrected chi connectivity index (χ4v) is 3.31. The molecular weight excluding hydrogens is 218 g/mol. The van der Waals surface area contributed by atoms with E-state index in [2.05, 4.69) is 62.9 Å². The van der Waals surface area contributed by atoms with Crippen LogP contribution in [0.2, 0.25) is 0 Å². The lowest BCUT2D eigenvalue weighted by Crippen LogP contribution is -2.26. The number of hydrogen-bond donors (Lipinski definition) is 0. The van der Waals surface area contributed by atoms with Crippen LogP contribution in [0.5, 0.6) is 0 Å². The van der Waals surface area contributed by atoms with Crippen molar-refractivity contribution in [2.45, 2.75) is 33.6 Å². The summed E-state index contributed by atoms with van der Waals surface area (Å²) in [5.74, 6) is 3.08. The molecule has 1 fully saturated rings. The standard InChI is InChI=1S/C17H27N/c1-13(2)10-18-11-16(14(3)4)17(12-18)15-8-6-5-7-9-15/h5-9,13-14,16-17H,10-12H2,1-4H3/t16-,17-/m1/s1. The summed E-state index contributed by atoms with van der Waals surface area (Å²) in [6.07, 6.45) is 0. The molecule has 2 atom stereocenters. The minimum Gasteiger partial charge on any atom is -0.302 e. The Hall–Kier alpha value is -0.820. The summed E-state index contributed by atoms with van der Waals surface area (Å²) in [4.78, 5) is 2.66. The number of likely N-dealkylation sites (tertiary alicyclic amines) is 1. The minimum absolute atomic E-state index is 0.727. The Morgan fingerprint density at radius 2 is 1.72 bits per heavy atom. The van der Waals surface area contributed by atoms with Crippen LogP contribution in [0.15, 0.2) is 30.3 Å². The number of rotatable bonds is 4. The van der Waals surface area contributed by atoms with E-state index in [0.717, 1.165) is 23.7 Å². The van der Waals surface area contributed by atoms with Crippen LogP contribution in [-0.4, -0.2) is 24.5 Å². The molecule has 0 aliphatic carbocycles. The van der Waals surface area contributed by atoms with Gasteiger partial charge in [0.05, 0.1) is 0 Å². The van der Waals surface area contributed by atoms with Gasteiger partial charge in [-0.15, -0.1) is 0 Å². The molecule has 1 aromatic carbocycles. The summed E-state index contributed by atoms with van der Waals surface area (Å²) in [7, 11) is 0. The zero-order chi connectivity index (χ0) is 13.1. The molecule has 1 aliphatic rings. The monoisotopic (exact) mass is 245 g/mol. The van der Waals surface area contributed by atoms with Gasteiger partial charge < -0.3 is 4.90 Å². The van der Waals surface area contributed by atoms with E-state index in [4.69, 9.17) is 0 Å². The van der Waals surface area contributed by atoms with E-state index in [1.165, 1.54) is 25.2 Å². The van der Waals surface area contributed by atoms with Crippen molar-refractivity contribution < 1.29 is 0 Å². The fourth-order valence-electron chi connectivity index (χ4n) is 3.31. The second-order valence-corrected chi connectivity index (χ2v) is 6.54. The first kappa shape index (κ1) is 13.6. The third-order valence-corrected chi connectivity index (χ3v) is 4.15. The Balaban J connectivity index is 2.12.